The summed E-state index contributed by atoms with van der Waals surface area (Å²) in [6.07, 6.45) is 2.86. The molecule has 0 saturated carbocycles. The number of phenols is 2. The van der Waals surface area contributed by atoms with E-state index in [9.17, 15) is 19.8 Å². The van der Waals surface area contributed by atoms with Crippen molar-refractivity contribution in [3.05, 3.63) is 70.8 Å². The summed E-state index contributed by atoms with van der Waals surface area (Å²) in [7, 11) is 0. The van der Waals surface area contributed by atoms with Crippen LogP contribution in [-0.4, -0.2) is 41.3 Å². The molecule has 0 amide bonds. The van der Waals surface area contributed by atoms with E-state index in [-0.39, 0.29) is 46.1 Å². The SMILES string of the molecule is Nc1ncnc2c1ncn2Cc1cc(O)c2c(c1)C(=O)c1cccc(O)c1C2=O. The molecule has 0 saturated heterocycles. The number of hydrogen-bond acceptors (Lipinski definition) is 8. The Kier molecular flexibility index (Phi) is 3.41. The van der Waals surface area contributed by atoms with Crippen molar-refractivity contribution in [2.24, 2.45) is 0 Å². The quantitative estimate of drug-likeness (QED) is 0.415. The lowest BCUT2D eigenvalue weighted by Gasteiger charge is -2.20. The average Bonchev–Trinajstić information content (AvgIpc) is 3.10. The fourth-order valence-corrected chi connectivity index (χ4v) is 3.64. The van der Waals surface area contributed by atoms with E-state index >= 15 is 0 Å². The van der Waals surface area contributed by atoms with E-state index in [0.29, 0.717) is 16.7 Å². The number of benzene rings is 2. The maximum absolute atomic E-state index is 12.9. The first-order valence-corrected chi connectivity index (χ1v) is 8.64. The number of aromatic hydroxyl groups is 2. The Labute approximate surface area is 163 Å². The Hall–Kier alpha value is -4.27. The Bertz CT molecular complexity index is 1360. The number of nitrogens with zero attached hydrogens (tertiary/aromatic N) is 4. The largest absolute Gasteiger partial charge is 0.507 e. The Morgan fingerprint density at radius 1 is 0.931 bits per heavy atom. The van der Waals surface area contributed by atoms with Gasteiger partial charge in [0, 0.05) is 11.1 Å². The van der Waals surface area contributed by atoms with Gasteiger partial charge >= 0.3 is 0 Å². The zero-order valence-electron chi connectivity index (χ0n) is 14.8. The zero-order valence-corrected chi connectivity index (χ0v) is 14.8. The molecule has 1 aliphatic rings. The van der Waals surface area contributed by atoms with Gasteiger partial charge in [-0.2, -0.15) is 0 Å². The fraction of sp³-hybridized carbons (Fsp3) is 0.0500. The van der Waals surface area contributed by atoms with Crippen molar-refractivity contribution < 1.29 is 19.8 Å². The first-order chi connectivity index (χ1) is 14.0. The molecule has 29 heavy (non-hydrogen) atoms. The molecule has 9 heteroatoms. The van der Waals surface area contributed by atoms with Gasteiger partial charge in [-0.15, -0.1) is 0 Å². The lowest BCUT2D eigenvalue weighted by molar-refractivity contribution is 0.0974. The topological polar surface area (TPSA) is 144 Å². The second kappa shape index (κ2) is 5.86. The van der Waals surface area contributed by atoms with Crippen LogP contribution in [0.2, 0.25) is 0 Å². The molecule has 0 spiro atoms. The number of hydrogen-bond donors (Lipinski definition) is 3. The van der Waals surface area contributed by atoms with Gasteiger partial charge in [-0.25, -0.2) is 15.0 Å². The van der Waals surface area contributed by atoms with Crippen LogP contribution in [0, 0.1) is 0 Å². The first-order valence-electron chi connectivity index (χ1n) is 8.64. The van der Waals surface area contributed by atoms with Crippen LogP contribution < -0.4 is 5.73 Å². The van der Waals surface area contributed by atoms with Crippen molar-refractivity contribution in [2.75, 3.05) is 5.73 Å². The van der Waals surface area contributed by atoms with E-state index in [1.54, 1.807) is 10.6 Å². The van der Waals surface area contributed by atoms with Crippen molar-refractivity contribution in [1.29, 1.82) is 0 Å². The van der Waals surface area contributed by atoms with E-state index in [4.69, 9.17) is 5.73 Å². The number of anilines is 1. The molecular formula is C20H13N5O4. The smallest absolute Gasteiger partial charge is 0.201 e. The summed E-state index contributed by atoms with van der Waals surface area (Å²) in [6.45, 7) is 0.238. The highest BCUT2D eigenvalue weighted by Gasteiger charge is 2.34. The third-order valence-electron chi connectivity index (χ3n) is 4.95. The van der Waals surface area contributed by atoms with E-state index in [1.165, 1.54) is 36.9 Å². The molecule has 4 N–H and O–H groups in total. The number of carbonyl (C=O) groups excluding carboxylic acids is 2. The van der Waals surface area contributed by atoms with Crippen LogP contribution in [0.1, 0.15) is 37.4 Å². The predicted octanol–water partition coefficient (Wildman–Crippen LogP) is 1.64. The number of rotatable bonds is 2. The number of phenolic OH excluding ortho intramolecular Hbond substituents is 2. The second-order valence-electron chi connectivity index (χ2n) is 6.70. The summed E-state index contributed by atoms with van der Waals surface area (Å²) in [5.41, 5.74) is 7.30. The number of nitrogens with two attached hydrogens (primary N) is 1. The molecule has 0 unspecified atom stereocenters. The fourth-order valence-electron chi connectivity index (χ4n) is 3.64. The monoisotopic (exact) mass is 387 g/mol. The number of aromatic nitrogens is 4. The van der Waals surface area contributed by atoms with Gasteiger partial charge in [-0.3, -0.25) is 9.59 Å². The van der Waals surface area contributed by atoms with Crippen LogP contribution in [0.15, 0.2) is 43.0 Å². The molecule has 0 bridgehead atoms. The number of imidazole rings is 1. The molecule has 0 fully saturated rings. The van der Waals surface area contributed by atoms with Crippen LogP contribution >= 0.6 is 0 Å². The van der Waals surface area contributed by atoms with E-state index in [1.807, 2.05) is 0 Å². The summed E-state index contributed by atoms with van der Waals surface area (Å²) >= 11 is 0. The molecule has 142 valence electrons. The number of nitrogen functional groups attached to an aromatic ring is 1. The molecule has 9 nitrogen and oxygen atoms in total. The molecule has 2 aromatic heterocycles. The van der Waals surface area contributed by atoms with Crippen LogP contribution in [0.25, 0.3) is 11.2 Å². The molecule has 0 radical (unpaired) electrons. The molecule has 4 aromatic rings. The third-order valence-corrected chi connectivity index (χ3v) is 4.95. The Balaban J connectivity index is 1.63. The van der Waals surface area contributed by atoms with Gasteiger partial charge in [0.2, 0.25) is 5.78 Å². The van der Waals surface area contributed by atoms with Crippen LogP contribution in [-0.2, 0) is 6.54 Å². The van der Waals surface area contributed by atoms with Crippen molar-refractivity contribution in [3.63, 3.8) is 0 Å². The molecule has 2 heterocycles. The summed E-state index contributed by atoms with van der Waals surface area (Å²) in [4.78, 5) is 38.0. The summed E-state index contributed by atoms with van der Waals surface area (Å²) in [5, 5.41) is 20.5. The predicted molar refractivity (Wildman–Crippen MR) is 102 cm³/mol. The molecule has 5 rings (SSSR count). The lowest BCUT2D eigenvalue weighted by atomic mass is 9.82. The van der Waals surface area contributed by atoms with Crippen LogP contribution in [0.5, 0.6) is 11.5 Å². The highest BCUT2D eigenvalue weighted by molar-refractivity contribution is 6.30. The highest BCUT2D eigenvalue weighted by Crippen LogP contribution is 2.37. The summed E-state index contributed by atoms with van der Waals surface area (Å²) in [6, 6.07) is 7.27. The second-order valence-corrected chi connectivity index (χ2v) is 6.70. The Morgan fingerprint density at radius 2 is 1.72 bits per heavy atom. The highest BCUT2D eigenvalue weighted by atomic mass is 16.3. The van der Waals surface area contributed by atoms with Crippen LogP contribution in [0.4, 0.5) is 5.82 Å². The zero-order chi connectivity index (χ0) is 20.3. The average molecular weight is 387 g/mol. The van der Waals surface area contributed by atoms with Crippen molar-refractivity contribution in [3.8, 4) is 11.5 Å². The minimum atomic E-state index is -0.592. The van der Waals surface area contributed by atoms with Crippen LogP contribution in [0.3, 0.4) is 0 Å². The van der Waals surface area contributed by atoms with Gasteiger partial charge in [-0.05, 0) is 23.8 Å². The number of ketones is 2. The molecule has 1 aliphatic carbocycles. The molecular weight excluding hydrogens is 374 g/mol. The van der Waals surface area contributed by atoms with Crippen molar-refractivity contribution in [2.45, 2.75) is 6.54 Å². The molecule has 2 aromatic carbocycles. The number of carbonyl (C=O) groups is 2. The first kappa shape index (κ1) is 16.9. The maximum Gasteiger partial charge on any atom is 0.201 e. The van der Waals surface area contributed by atoms with Crippen molar-refractivity contribution in [1.82, 2.24) is 19.5 Å². The molecule has 0 aliphatic heterocycles. The van der Waals surface area contributed by atoms with Gasteiger partial charge in [0.25, 0.3) is 0 Å². The number of fused-ring (bicyclic) bond motifs is 3. The third kappa shape index (κ3) is 2.37. The van der Waals surface area contributed by atoms with Gasteiger partial charge in [0.15, 0.2) is 17.2 Å². The van der Waals surface area contributed by atoms with Crippen molar-refractivity contribution >= 4 is 28.5 Å². The maximum atomic E-state index is 12.9. The van der Waals surface area contributed by atoms with Gasteiger partial charge in [-0.1, -0.05) is 12.1 Å². The summed E-state index contributed by atoms with van der Waals surface area (Å²) < 4.78 is 1.70. The van der Waals surface area contributed by atoms with E-state index in [2.05, 4.69) is 15.0 Å². The lowest BCUT2D eigenvalue weighted by Crippen LogP contribution is -2.21. The normalized spacial score (nSPS) is 12.8. The Morgan fingerprint density at radius 3 is 2.55 bits per heavy atom. The van der Waals surface area contributed by atoms with Gasteiger partial charge in [0.1, 0.15) is 23.3 Å². The van der Waals surface area contributed by atoms with Gasteiger partial charge in [0.05, 0.1) is 24.0 Å². The standard InChI is InChI=1S/C20H13N5O4/c21-19-16-20(23-7-22-19)25(8-24-16)6-9-4-11-15(13(27)5-9)18(29)14-10(17(11)28)2-1-3-12(14)26/h1-5,7-8,26-27H,6H2,(H2,21,22,23). The van der Waals surface area contributed by atoms with Gasteiger partial charge < -0.3 is 20.5 Å². The summed E-state index contributed by atoms with van der Waals surface area (Å²) in [5.74, 6) is -1.41. The molecule has 0 atom stereocenters. The minimum absolute atomic E-state index is 0.0849. The van der Waals surface area contributed by atoms with E-state index < -0.39 is 11.6 Å². The minimum Gasteiger partial charge on any atom is -0.507 e. The van der Waals surface area contributed by atoms with E-state index in [0.717, 1.165) is 0 Å².